The third-order valence-corrected chi connectivity index (χ3v) is 4.22. The van der Waals surface area contributed by atoms with Crippen molar-refractivity contribution in [2.24, 2.45) is 0 Å². The number of nitrogens with one attached hydrogen (secondary N) is 1. The SMILES string of the molecule is O=C(NC1CCN2CCCC2C1)c1ccc(Cl)nn1. The van der Waals surface area contributed by atoms with Crippen LogP contribution in [0, 0.1) is 0 Å². The van der Waals surface area contributed by atoms with E-state index in [-0.39, 0.29) is 11.9 Å². The number of fused-ring (bicyclic) bond motifs is 1. The minimum absolute atomic E-state index is 0.152. The van der Waals surface area contributed by atoms with Gasteiger partial charge in [0.2, 0.25) is 0 Å². The highest BCUT2D eigenvalue weighted by atomic mass is 35.5. The van der Waals surface area contributed by atoms with Gasteiger partial charge in [-0.1, -0.05) is 11.6 Å². The fourth-order valence-electron chi connectivity index (χ4n) is 3.05. The minimum atomic E-state index is -0.152. The fraction of sp³-hybridized carbons (Fsp3) is 0.615. The first-order valence-corrected chi connectivity index (χ1v) is 7.14. The van der Waals surface area contributed by atoms with E-state index in [0.29, 0.717) is 16.9 Å². The zero-order valence-electron chi connectivity index (χ0n) is 10.7. The van der Waals surface area contributed by atoms with E-state index in [1.807, 2.05) is 0 Å². The first kappa shape index (κ1) is 12.8. The van der Waals surface area contributed by atoms with Gasteiger partial charge in [0, 0.05) is 18.6 Å². The van der Waals surface area contributed by atoms with Crippen molar-refractivity contribution >= 4 is 17.5 Å². The molecule has 102 valence electrons. The van der Waals surface area contributed by atoms with Crippen LogP contribution in [0.2, 0.25) is 5.15 Å². The summed E-state index contributed by atoms with van der Waals surface area (Å²) < 4.78 is 0. The zero-order chi connectivity index (χ0) is 13.2. The Kier molecular flexibility index (Phi) is 3.66. The summed E-state index contributed by atoms with van der Waals surface area (Å²) in [6, 6.07) is 4.10. The Bertz CT molecular complexity index is 464. The summed E-state index contributed by atoms with van der Waals surface area (Å²) in [7, 11) is 0. The van der Waals surface area contributed by atoms with Gasteiger partial charge in [0.1, 0.15) is 0 Å². The van der Waals surface area contributed by atoms with Crippen LogP contribution in [0.3, 0.4) is 0 Å². The van der Waals surface area contributed by atoms with Gasteiger partial charge in [-0.2, -0.15) is 0 Å². The Morgan fingerprint density at radius 1 is 1.32 bits per heavy atom. The van der Waals surface area contributed by atoms with Crippen molar-refractivity contribution in [3.05, 3.63) is 23.0 Å². The van der Waals surface area contributed by atoms with Crippen molar-refractivity contribution in [3.63, 3.8) is 0 Å². The average molecular weight is 281 g/mol. The molecular weight excluding hydrogens is 264 g/mol. The molecule has 0 aliphatic carbocycles. The molecule has 3 rings (SSSR count). The largest absolute Gasteiger partial charge is 0.348 e. The standard InChI is InChI=1S/C13H17ClN4O/c14-12-4-3-11(16-17-12)13(19)15-9-5-7-18-6-1-2-10(18)8-9/h3-4,9-10H,1-2,5-8H2,(H,15,19). The molecule has 1 aromatic rings. The minimum Gasteiger partial charge on any atom is -0.348 e. The van der Waals surface area contributed by atoms with Crippen molar-refractivity contribution in [1.82, 2.24) is 20.4 Å². The average Bonchev–Trinajstić information content (AvgIpc) is 2.87. The molecule has 0 bridgehead atoms. The molecule has 0 saturated carbocycles. The Morgan fingerprint density at radius 3 is 3.00 bits per heavy atom. The van der Waals surface area contributed by atoms with Crippen molar-refractivity contribution < 1.29 is 4.79 Å². The molecule has 2 atom stereocenters. The molecule has 1 N–H and O–H groups in total. The Hall–Kier alpha value is -1.20. The first-order valence-electron chi connectivity index (χ1n) is 6.76. The molecule has 0 aromatic carbocycles. The van der Waals surface area contributed by atoms with Gasteiger partial charge in [0.05, 0.1) is 0 Å². The van der Waals surface area contributed by atoms with Gasteiger partial charge < -0.3 is 10.2 Å². The quantitative estimate of drug-likeness (QED) is 0.892. The van der Waals surface area contributed by atoms with Gasteiger partial charge in [-0.05, 0) is 44.4 Å². The fourth-order valence-corrected chi connectivity index (χ4v) is 3.15. The van der Waals surface area contributed by atoms with E-state index in [0.717, 1.165) is 19.4 Å². The second-order valence-electron chi connectivity index (χ2n) is 5.27. The molecule has 5 nitrogen and oxygen atoms in total. The predicted molar refractivity (Wildman–Crippen MR) is 72.1 cm³/mol. The second kappa shape index (κ2) is 5.43. The topological polar surface area (TPSA) is 58.1 Å². The van der Waals surface area contributed by atoms with Crippen molar-refractivity contribution in [1.29, 1.82) is 0 Å². The molecule has 2 saturated heterocycles. The van der Waals surface area contributed by atoms with Crippen LogP contribution in [0.1, 0.15) is 36.2 Å². The maximum absolute atomic E-state index is 12.0. The number of aromatic nitrogens is 2. The van der Waals surface area contributed by atoms with Gasteiger partial charge >= 0.3 is 0 Å². The van der Waals surface area contributed by atoms with Crippen molar-refractivity contribution in [2.45, 2.75) is 37.8 Å². The molecule has 19 heavy (non-hydrogen) atoms. The molecule has 3 heterocycles. The summed E-state index contributed by atoms with van der Waals surface area (Å²) in [5.74, 6) is -0.152. The van der Waals surface area contributed by atoms with E-state index in [4.69, 9.17) is 11.6 Å². The summed E-state index contributed by atoms with van der Waals surface area (Å²) in [5.41, 5.74) is 0.332. The highest BCUT2D eigenvalue weighted by molar-refractivity contribution is 6.29. The molecular formula is C13H17ClN4O. The number of carbonyl (C=O) groups is 1. The van der Waals surface area contributed by atoms with Crippen molar-refractivity contribution in [3.8, 4) is 0 Å². The van der Waals surface area contributed by atoms with Crippen LogP contribution in [0.25, 0.3) is 0 Å². The lowest BCUT2D eigenvalue weighted by atomic mass is 9.97. The summed E-state index contributed by atoms with van der Waals surface area (Å²) in [6.45, 7) is 2.30. The number of amides is 1. The third-order valence-electron chi connectivity index (χ3n) is 4.02. The maximum Gasteiger partial charge on any atom is 0.272 e. The number of hydrogen-bond acceptors (Lipinski definition) is 4. The lowest BCUT2D eigenvalue weighted by Gasteiger charge is -2.35. The Labute approximate surface area is 117 Å². The summed E-state index contributed by atoms with van der Waals surface area (Å²) in [4.78, 5) is 14.6. The van der Waals surface area contributed by atoms with Crippen LogP contribution in [0.15, 0.2) is 12.1 Å². The van der Waals surface area contributed by atoms with Crippen LogP contribution in [0.5, 0.6) is 0 Å². The van der Waals surface area contributed by atoms with E-state index in [1.54, 1.807) is 12.1 Å². The molecule has 2 aliphatic heterocycles. The maximum atomic E-state index is 12.0. The summed E-state index contributed by atoms with van der Waals surface area (Å²) in [6.07, 6.45) is 4.61. The number of rotatable bonds is 2. The van der Waals surface area contributed by atoms with E-state index in [1.165, 1.54) is 19.4 Å². The molecule has 2 aliphatic rings. The van der Waals surface area contributed by atoms with Crippen LogP contribution in [0.4, 0.5) is 0 Å². The molecule has 2 unspecified atom stereocenters. The number of carbonyl (C=O) groups excluding carboxylic acids is 1. The van der Waals surface area contributed by atoms with Crippen LogP contribution in [-0.2, 0) is 0 Å². The summed E-state index contributed by atoms with van der Waals surface area (Å²) in [5, 5.41) is 10.9. The van der Waals surface area contributed by atoms with E-state index in [2.05, 4.69) is 20.4 Å². The Morgan fingerprint density at radius 2 is 2.21 bits per heavy atom. The first-order chi connectivity index (χ1) is 9.22. The number of hydrogen-bond donors (Lipinski definition) is 1. The van der Waals surface area contributed by atoms with Crippen LogP contribution in [-0.4, -0.2) is 46.2 Å². The summed E-state index contributed by atoms with van der Waals surface area (Å²) >= 11 is 5.66. The van der Waals surface area contributed by atoms with E-state index >= 15 is 0 Å². The van der Waals surface area contributed by atoms with Crippen LogP contribution >= 0.6 is 11.6 Å². The highest BCUT2D eigenvalue weighted by Crippen LogP contribution is 2.26. The van der Waals surface area contributed by atoms with E-state index in [9.17, 15) is 4.79 Å². The predicted octanol–water partition coefficient (Wildman–Crippen LogP) is 1.49. The van der Waals surface area contributed by atoms with Gasteiger partial charge in [-0.15, -0.1) is 10.2 Å². The molecule has 0 radical (unpaired) electrons. The smallest absolute Gasteiger partial charge is 0.272 e. The highest BCUT2D eigenvalue weighted by Gasteiger charge is 2.32. The van der Waals surface area contributed by atoms with Gasteiger partial charge in [-0.3, -0.25) is 4.79 Å². The molecule has 1 amide bonds. The Balaban J connectivity index is 1.59. The lowest BCUT2D eigenvalue weighted by molar-refractivity contribution is 0.0890. The lowest BCUT2D eigenvalue weighted by Crippen LogP contribution is -2.47. The number of halogens is 1. The van der Waals surface area contributed by atoms with Gasteiger partial charge in [-0.25, -0.2) is 0 Å². The monoisotopic (exact) mass is 280 g/mol. The van der Waals surface area contributed by atoms with Gasteiger partial charge in [0.15, 0.2) is 10.8 Å². The molecule has 1 aromatic heterocycles. The third kappa shape index (κ3) is 2.87. The molecule has 0 spiro atoms. The second-order valence-corrected chi connectivity index (χ2v) is 5.66. The zero-order valence-corrected chi connectivity index (χ0v) is 11.4. The van der Waals surface area contributed by atoms with Gasteiger partial charge in [0.25, 0.3) is 5.91 Å². The van der Waals surface area contributed by atoms with Crippen molar-refractivity contribution in [2.75, 3.05) is 13.1 Å². The normalized spacial score (nSPS) is 27.0. The van der Waals surface area contributed by atoms with Crippen LogP contribution < -0.4 is 5.32 Å². The number of nitrogens with zero attached hydrogens (tertiary/aromatic N) is 3. The molecule has 2 fully saturated rings. The van der Waals surface area contributed by atoms with E-state index < -0.39 is 0 Å². The number of piperidine rings is 1. The molecule has 6 heteroatoms.